The Labute approximate surface area is 106 Å². The van der Waals surface area contributed by atoms with E-state index in [0.717, 1.165) is 0 Å². The van der Waals surface area contributed by atoms with Gasteiger partial charge in [-0.2, -0.15) is 5.10 Å². The minimum atomic E-state index is -0.265. The van der Waals surface area contributed by atoms with Gasteiger partial charge in [0.15, 0.2) is 0 Å². The number of anilines is 1. The van der Waals surface area contributed by atoms with Gasteiger partial charge in [0.2, 0.25) is 11.8 Å². The third kappa shape index (κ3) is 4.08. The number of nitrogens with zero attached hydrogens (tertiary/aromatic N) is 3. The van der Waals surface area contributed by atoms with Gasteiger partial charge in [-0.3, -0.25) is 14.3 Å². The van der Waals surface area contributed by atoms with Gasteiger partial charge < -0.3 is 16.0 Å². The van der Waals surface area contributed by atoms with Crippen molar-refractivity contribution in [1.29, 1.82) is 0 Å². The first-order valence-electron chi connectivity index (χ1n) is 5.90. The van der Waals surface area contributed by atoms with Gasteiger partial charge in [-0.15, -0.1) is 0 Å². The molecule has 1 rings (SSSR count). The monoisotopic (exact) mass is 253 g/mol. The average Bonchev–Trinajstić information content (AvgIpc) is 2.73. The predicted octanol–water partition coefficient (Wildman–Crippen LogP) is -0.550. The summed E-state index contributed by atoms with van der Waals surface area (Å²) in [5.74, 6) is 0.00829. The second-order valence-electron chi connectivity index (χ2n) is 3.78. The molecular formula is C11H19N5O2. The lowest BCUT2D eigenvalue weighted by Gasteiger charge is -2.18. The number of rotatable bonds is 6. The molecule has 18 heavy (non-hydrogen) atoms. The highest BCUT2D eigenvalue weighted by molar-refractivity contribution is 5.84. The van der Waals surface area contributed by atoms with Crippen LogP contribution in [0.15, 0.2) is 12.3 Å². The largest absolute Gasteiger partial charge is 0.382 e. The summed E-state index contributed by atoms with van der Waals surface area (Å²) in [6, 6.07) is 1.61. The number of hydrogen-bond acceptors (Lipinski definition) is 4. The van der Waals surface area contributed by atoms with Crippen LogP contribution in [-0.2, 0) is 16.1 Å². The van der Waals surface area contributed by atoms with Gasteiger partial charge in [0.1, 0.15) is 12.4 Å². The SMILES string of the molecule is CCN(CC)C(=O)CNC(=O)Cn1ccc(N)n1. The van der Waals surface area contributed by atoms with Gasteiger partial charge in [-0.05, 0) is 19.9 Å². The first-order chi connectivity index (χ1) is 8.56. The van der Waals surface area contributed by atoms with Crippen LogP contribution in [0.2, 0.25) is 0 Å². The van der Waals surface area contributed by atoms with Crippen molar-refractivity contribution in [3.05, 3.63) is 12.3 Å². The van der Waals surface area contributed by atoms with Gasteiger partial charge in [-0.25, -0.2) is 0 Å². The highest BCUT2D eigenvalue weighted by Crippen LogP contribution is 1.95. The molecule has 7 heteroatoms. The molecule has 0 unspecified atom stereocenters. The zero-order valence-electron chi connectivity index (χ0n) is 10.7. The second kappa shape index (κ2) is 6.63. The molecule has 0 spiro atoms. The van der Waals surface area contributed by atoms with Crippen molar-refractivity contribution >= 4 is 17.6 Å². The van der Waals surface area contributed by atoms with E-state index in [0.29, 0.717) is 18.9 Å². The molecule has 0 bridgehead atoms. The second-order valence-corrected chi connectivity index (χ2v) is 3.78. The van der Waals surface area contributed by atoms with Gasteiger partial charge in [0.05, 0.1) is 6.54 Å². The van der Waals surface area contributed by atoms with Crippen LogP contribution in [0.1, 0.15) is 13.8 Å². The molecule has 1 aromatic rings. The first-order valence-corrected chi connectivity index (χ1v) is 5.90. The van der Waals surface area contributed by atoms with E-state index in [-0.39, 0.29) is 24.9 Å². The van der Waals surface area contributed by atoms with Crippen molar-refractivity contribution in [2.24, 2.45) is 0 Å². The van der Waals surface area contributed by atoms with E-state index < -0.39 is 0 Å². The molecule has 0 atom stereocenters. The third-order valence-electron chi connectivity index (χ3n) is 2.52. The lowest BCUT2D eigenvalue weighted by Crippen LogP contribution is -2.40. The molecule has 1 aromatic heterocycles. The lowest BCUT2D eigenvalue weighted by atomic mass is 10.4. The highest BCUT2D eigenvalue weighted by atomic mass is 16.2. The maximum atomic E-state index is 11.6. The zero-order chi connectivity index (χ0) is 13.5. The summed E-state index contributed by atoms with van der Waals surface area (Å²) in [5.41, 5.74) is 5.43. The number of likely N-dealkylation sites (N-methyl/N-ethyl adjacent to an activating group) is 1. The van der Waals surface area contributed by atoms with Gasteiger partial charge in [0.25, 0.3) is 0 Å². The van der Waals surface area contributed by atoms with E-state index in [2.05, 4.69) is 10.4 Å². The summed E-state index contributed by atoms with van der Waals surface area (Å²) in [5, 5.41) is 6.44. The smallest absolute Gasteiger partial charge is 0.242 e. The van der Waals surface area contributed by atoms with Crippen LogP contribution in [0.25, 0.3) is 0 Å². The summed E-state index contributed by atoms with van der Waals surface area (Å²) >= 11 is 0. The molecule has 0 saturated carbocycles. The molecule has 0 aliphatic carbocycles. The maximum absolute atomic E-state index is 11.6. The van der Waals surface area contributed by atoms with E-state index in [4.69, 9.17) is 5.73 Å². The van der Waals surface area contributed by atoms with Crippen LogP contribution in [0, 0.1) is 0 Å². The fourth-order valence-electron chi connectivity index (χ4n) is 1.53. The van der Waals surface area contributed by atoms with Gasteiger partial charge >= 0.3 is 0 Å². The summed E-state index contributed by atoms with van der Waals surface area (Å²) < 4.78 is 1.42. The van der Waals surface area contributed by atoms with E-state index in [1.54, 1.807) is 17.2 Å². The van der Waals surface area contributed by atoms with Crippen LogP contribution in [-0.4, -0.2) is 46.1 Å². The standard InChI is InChI=1S/C11H19N5O2/c1-3-15(4-2)11(18)7-13-10(17)8-16-6-5-9(12)14-16/h5-6H,3-4,7-8H2,1-2H3,(H2,12,14)(H,13,17). The van der Waals surface area contributed by atoms with Crippen LogP contribution < -0.4 is 11.1 Å². The summed E-state index contributed by atoms with van der Waals surface area (Å²) in [7, 11) is 0. The van der Waals surface area contributed by atoms with Crippen molar-refractivity contribution in [3.8, 4) is 0 Å². The summed E-state index contributed by atoms with van der Waals surface area (Å²) in [6.45, 7) is 5.15. The van der Waals surface area contributed by atoms with Crippen LogP contribution in [0.5, 0.6) is 0 Å². The average molecular weight is 253 g/mol. The number of amides is 2. The van der Waals surface area contributed by atoms with Gasteiger partial charge in [-0.1, -0.05) is 0 Å². The number of aromatic nitrogens is 2. The van der Waals surface area contributed by atoms with Crippen molar-refractivity contribution in [2.75, 3.05) is 25.4 Å². The molecule has 2 amide bonds. The van der Waals surface area contributed by atoms with E-state index in [1.807, 2.05) is 13.8 Å². The normalized spacial score (nSPS) is 10.1. The molecule has 0 aromatic carbocycles. The molecular weight excluding hydrogens is 234 g/mol. The van der Waals surface area contributed by atoms with Crippen molar-refractivity contribution in [3.63, 3.8) is 0 Å². The third-order valence-corrected chi connectivity index (χ3v) is 2.52. The minimum absolute atomic E-state index is 0.0112. The van der Waals surface area contributed by atoms with Crippen molar-refractivity contribution < 1.29 is 9.59 Å². The Morgan fingerprint density at radius 1 is 1.44 bits per heavy atom. The number of hydrogen-bond donors (Lipinski definition) is 2. The summed E-state index contributed by atoms with van der Waals surface area (Å²) in [4.78, 5) is 24.8. The number of nitrogens with one attached hydrogen (secondary N) is 1. The topological polar surface area (TPSA) is 93.2 Å². The molecule has 3 N–H and O–H groups in total. The van der Waals surface area contributed by atoms with Crippen LogP contribution in [0.4, 0.5) is 5.82 Å². The number of carbonyl (C=O) groups is 2. The molecule has 0 saturated heterocycles. The molecule has 7 nitrogen and oxygen atoms in total. The zero-order valence-corrected chi connectivity index (χ0v) is 10.7. The number of nitrogens with two attached hydrogens (primary N) is 1. The maximum Gasteiger partial charge on any atom is 0.242 e. The van der Waals surface area contributed by atoms with Gasteiger partial charge in [0, 0.05) is 19.3 Å². The van der Waals surface area contributed by atoms with Crippen LogP contribution >= 0.6 is 0 Å². The molecule has 0 aliphatic heterocycles. The van der Waals surface area contributed by atoms with E-state index in [9.17, 15) is 9.59 Å². The molecule has 100 valence electrons. The molecule has 0 radical (unpaired) electrons. The van der Waals surface area contributed by atoms with Crippen LogP contribution in [0.3, 0.4) is 0 Å². The highest BCUT2D eigenvalue weighted by Gasteiger charge is 2.11. The number of nitrogen functional groups attached to an aromatic ring is 1. The minimum Gasteiger partial charge on any atom is -0.382 e. The first kappa shape index (κ1) is 14.0. The molecule has 0 aliphatic rings. The Hall–Kier alpha value is -2.05. The van der Waals surface area contributed by atoms with E-state index >= 15 is 0 Å². The Bertz CT molecular complexity index is 411. The van der Waals surface area contributed by atoms with Crippen molar-refractivity contribution in [1.82, 2.24) is 20.0 Å². The Kier molecular flexibility index (Phi) is 5.16. The quantitative estimate of drug-likeness (QED) is 0.711. The van der Waals surface area contributed by atoms with E-state index in [1.165, 1.54) is 4.68 Å². The molecule has 0 fully saturated rings. The fraction of sp³-hybridized carbons (Fsp3) is 0.545. The predicted molar refractivity (Wildman–Crippen MR) is 67.6 cm³/mol. The Morgan fingerprint density at radius 2 is 2.11 bits per heavy atom. The molecule has 1 heterocycles. The van der Waals surface area contributed by atoms with Crippen molar-refractivity contribution in [2.45, 2.75) is 20.4 Å². The fourth-order valence-corrected chi connectivity index (χ4v) is 1.53. The Balaban J connectivity index is 2.35. The number of carbonyl (C=O) groups excluding carboxylic acids is 2. The summed E-state index contributed by atoms with van der Waals surface area (Å²) in [6.07, 6.45) is 1.61. The lowest BCUT2D eigenvalue weighted by molar-refractivity contribution is -0.132. The Morgan fingerprint density at radius 3 is 2.61 bits per heavy atom.